The van der Waals surface area contributed by atoms with Crippen LogP contribution in [0.2, 0.25) is 5.02 Å². The summed E-state index contributed by atoms with van der Waals surface area (Å²) >= 11 is 7.23. The molecule has 0 saturated heterocycles. The number of halogens is 1. The molecule has 7 heteroatoms. The molecule has 1 aromatic heterocycles. The molecule has 0 spiro atoms. The first-order valence-corrected chi connectivity index (χ1v) is 8.94. The Morgan fingerprint density at radius 2 is 2.17 bits per heavy atom. The SMILES string of the molecule is C[C@H](Sc1nnc(-c2cccc(Cl)c2)o1)C(=O)NC1CCCC1. The van der Waals surface area contributed by atoms with Gasteiger partial charge in [0.1, 0.15) is 0 Å². The number of carbonyl (C=O) groups is 1. The third-order valence-electron chi connectivity index (χ3n) is 3.83. The van der Waals surface area contributed by atoms with E-state index in [-0.39, 0.29) is 11.2 Å². The van der Waals surface area contributed by atoms with Crippen molar-refractivity contribution in [2.24, 2.45) is 0 Å². The number of benzene rings is 1. The van der Waals surface area contributed by atoms with Crippen LogP contribution in [0.15, 0.2) is 33.9 Å². The Kier molecular flexibility index (Phi) is 5.23. The molecule has 1 aliphatic carbocycles. The second-order valence-corrected chi connectivity index (χ2v) is 7.36. The van der Waals surface area contributed by atoms with Gasteiger partial charge in [-0.3, -0.25) is 4.79 Å². The summed E-state index contributed by atoms with van der Waals surface area (Å²) in [7, 11) is 0. The molecule has 1 aliphatic rings. The molecule has 1 atom stereocenters. The predicted molar refractivity (Wildman–Crippen MR) is 90.5 cm³/mol. The minimum Gasteiger partial charge on any atom is -0.411 e. The smallest absolute Gasteiger partial charge is 0.277 e. The van der Waals surface area contributed by atoms with E-state index in [1.54, 1.807) is 12.1 Å². The van der Waals surface area contributed by atoms with Crippen LogP contribution in [0.3, 0.4) is 0 Å². The molecule has 3 rings (SSSR count). The average molecular weight is 352 g/mol. The fraction of sp³-hybridized carbons (Fsp3) is 0.438. The van der Waals surface area contributed by atoms with Crippen molar-refractivity contribution in [3.8, 4) is 11.5 Å². The molecule has 23 heavy (non-hydrogen) atoms. The van der Waals surface area contributed by atoms with E-state index in [1.165, 1.54) is 24.6 Å². The molecule has 1 aromatic carbocycles. The second kappa shape index (κ2) is 7.36. The first-order valence-electron chi connectivity index (χ1n) is 7.68. The highest BCUT2D eigenvalue weighted by atomic mass is 35.5. The van der Waals surface area contributed by atoms with Gasteiger partial charge in [-0.2, -0.15) is 0 Å². The van der Waals surface area contributed by atoms with Gasteiger partial charge in [-0.05, 0) is 38.0 Å². The normalized spacial score (nSPS) is 16.4. The third-order valence-corrected chi connectivity index (χ3v) is 5.00. The molecule has 0 unspecified atom stereocenters. The van der Waals surface area contributed by atoms with Crippen LogP contribution in [0.25, 0.3) is 11.5 Å². The largest absolute Gasteiger partial charge is 0.411 e. The first-order chi connectivity index (χ1) is 11.1. The summed E-state index contributed by atoms with van der Waals surface area (Å²) in [6.45, 7) is 1.85. The summed E-state index contributed by atoms with van der Waals surface area (Å²) in [4.78, 5) is 12.2. The highest BCUT2D eigenvalue weighted by Crippen LogP contribution is 2.27. The predicted octanol–water partition coefficient (Wildman–Crippen LogP) is 3.93. The minimum atomic E-state index is -0.275. The van der Waals surface area contributed by atoms with E-state index < -0.39 is 0 Å². The van der Waals surface area contributed by atoms with Crippen molar-refractivity contribution in [1.82, 2.24) is 15.5 Å². The number of thioether (sulfide) groups is 1. The van der Waals surface area contributed by atoms with Crippen LogP contribution in [0.4, 0.5) is 0 Å². The number of nitrogens with one attached hydrogen (secondary N) is 1. The Balaban J connectivity index is 1.60. The van der Waals surface area contributed by atoms with Crippen molar-refractivity contribution in [3.63, 3.8) is 0 Å². The van der Waals surface area contributed by atoms with Gasteiger partial charge >= 0.3 is 0 Å². The molecule has 1 amide bonds. The number of amides is 1. The maximum Gasteiger partial charge on any atom is 0.277 e. The van der Waals surface area contributed by atoms with E-state index in [0.717, 1.165) is 18.4 Å². The molecule has 122 valence electrons. The van der Waals surface area contributed by atoms with Gasteiger partial charge in [-0.25, -0.2) is 0 Å². The van der Waals surface area contributed by atoms with Gasteiger partial charge in [0.05, 0.1) is 5.25 Å². The Morgan fingerprint density at radius 1 is 1.39 bits per heavy atom. The van der Waals surface area contributed by atoms with Crippen LogP contribution in [-0.4, -0.2) is 27.4 Å². The lowest BCUT2D eigenvalue weighted by atomic mass is 10.2. The number of nitrogens with zero attached hydrogens (tertiary/aromatic N) is 2. The quantitative estimate of drug-likeness (QED) is 0.826. The van der Waals surface area contributed by atoms with E-state index in [2.05, 4.69) is 15.5 Å². The van der Waals surface area contributed by atoms with Crippen LogP contribution in [0, 0.1) is 0 Å². The van der Waals surface area contributed by atoms with E-state index in [0.29, 0.717) is 22.2 Å². The van der Waals surface area contributed by atoms with Gasteiger partial charge in [-0.1, -0.05) is 42.3 Å². The molecule has 2 aromatic rings. The van der Waals surface area contributed by atoms with Crippen LogP contribution < -0.4 is 5.32 Å². The van der Waals surface area contributed by atoms with Crippen molar-refractivity contribution in [3.05, 3.63) is 29.3 Å². The third kappa shape index (κ3) is 4.26. The zero-order valence-corrected chi connectivity index (χ0v) is 14.4. The Morgan fingerprint density at radius 3 is 2.91 bits per heavy atom. The van der Waals surface area contributed by atoms with Gasteiger partial charge in [0.25, 0.3) is 5.22 Å². The fourth-order valence-corrected chi connectivity index (χ4v) is 3.47. The van der Waals surface area contributed by atoms with Crippen molar-refractivity contribution in [2.45, 2.75) is 49.1 Å². The molecule has 0 aliphatic heterocycles. The number of rotatable bonds is 5. The fourth-order valence-electron chi connectivity index (χ4n) is 2.59. The molecule has 1 saturated carbocycles. The summed E-state index contributed by atoms with van der Waals surface area (Å²) in [6.07, 6.45) is 4.53. The van der Waals surface area contributed by atoms with E-state index >= 15 is 0 Å². The average Bonchev–Trinajstić information content (AvgIpc) is 3.19. The molecule has 1 fully saturated rings. The van der Waals surface area contributed by atoms with Gasteiger partial charge < -0.3 is 9.73 Å². The molecule has 0 bridgehead atoms. The lowest BCUT2D eigenvalue weighted by molar-refractivity contribution is -0.120. The lowest BCUT2D eigenvalue weighted by Gasteiger charge is -2.14. The lowest BCUT2D eigenvalue weighted by Crippen LogP contribution is -2.37. The first kappa shape index (κ1) is 16.3. The highest BCUT2D eigenvalue weighted by Gasteiger charge is 2.23. The summed E-state index contributed by atoms with van der Waals surface area (Å²) in [5.41, 5.74) is 0.764. The summed E-state index contributed by atoms with van der Waals surface area (Å²) in [6, 6.07) is 7.54. The summed E-state index contributed by atoms with van der Waals surface area (Å²) < 4.78 is 5.62. The molecule has 5 nitrogen and oxygen atoms in total. The molecule has 0 radical (unpaired) electrons. The molecular weight excluding hydrogens is 334 g/mol. The van der Waals surface area contributed by atoms with E-state index in [4.69, 9.17) is 16.0 Å². The van der Waals surface area contributed by atoms with E-state index in [9.17, 15) is 4.79 Å². The Bertz CT molecular complexity index is 685. The van der Waals surface area contributed by atoms with Crippen LogP contribution in [0.1, 0.15) is 32.6 Å². The van der Waals surface area contributed by atoms with Crippen molar-refractivity contribution in [1.29, 1.82) is 0 Å². The monoisotopic (exact) mass is 351 g/mol. The van der Waals surface area contributed by atoms with E-state index in [1.807, 2.05) is 19.1 Å². The zero-order valence-electron chi connectivity index (χ0n) is 12.8. The van der Waals surface area contributed by atoms with Gasteiger partial charge in [-0.15, -0.1) is 10.2 Å². The second-order valence-electron chi connectivity index (χ2n) is 5.63. The van der Waals surface area contributed by atoms with Gasteiger partial charge in [0, 0.05) is 16.6 Å². The molecular formula is C16H18ClN3O2S. The van der Waals surface area contributed by atoms with Crippen LogP contribution in [-0.2, 0) is 4.79 Å². The van der Waals surface area contributed by atoms with Crippen LogP contribution in [0.5, 0.6) is 0 Å². The maximum absolute atomic E-state index is 12.2. The number of aromatic nitrogens is 2. The van der Waals surface area contributed by atoms with Crippen molar-refractivity contribution >= 4 is 29.3 Å². The highest BCUT2D eigenvalue weighted by molar-refractivity contribution is 8.00. The van der Waals surface area contributed by atoms with Crippen molar-refractivity contribution < 1.29 is 9.21 Å². The maximum atomic E-state index is 12.2. The van der Waals surface area contributed by atoms with Gasteiger partial charge in [0.15, 0.2) is 0 Å². The number of hydrogen-bond acceptors (Lipinski definition) is 5. The summed E-state index contributed by atoms with van der Waals surface area (Å²) in [5, 5.41) is 11.8. The topological polar surface area (TPSA) is 68.0 Å². The standard InChI is InChI=1S/C16H18ClN3O2S/c1-10(14(21)18-13-7-2-3-8-13)23-16-20-19-15(22-16)11-5-4-6-12(17)9-11/h4-6,9-10,13H,2-3,7-8H2,1H3,(H,18,21)/t10-/m0/s1. The molecule has 1 N–H and O–H groups in total. The number of carbonyl (C=O) groups excluding carboxylic acids is 1. The summed E-state index contributed by atoms with van der Waals surface area (Å²) in [5.74, 6) is 0.419. The Hall–Kier alpha value is -1.53. The minimum absolute atomic E-state index is 0.0180. The van der Waals surface area contributed by atoms with Crippen LogP contribution >= 0.6 is 23.4 Å². The Labute approximate surface area is 144 Å². The van der Waals surface area contributed by atoms with Gasteiger partial charge in [0.2, 0.25) is 11.8 Å². The van der Waals surface area contributed by atoms with Crippen molar-refractivity contribution in [2.75, 3.05) is 0 Å². The zero-order chi connectivity index (χ0) is 16.2. The number of hydrogen-bond donors (Lipinski definition) is 1. The molecule has 1 heterocycles.